The lowest BCUT2D eigenvalue weighted by Gasteiger charge is -2.19. The molecule has 1 aromatic heterocycles. The Balaban J connectivity index is 1.61. The molecule has 0 aliphatic heterocycles. The Hall–Kier alpha value is -2.30. The van der Waals surface area contributed by atoms with Gasteiger partial charge in [0.05, 0.1) is 5.69 Å². The molecule has 0 bridgehead atoms. The molecule has 28 heavy (non-hydrogen) atoms. The molecule has 1 atom stereocenters. The van der Waals surface area contributed by atoms with Crippen LogP contribution < -0.4 is 5.32 Å². The Kier molecular flexibility index (Phi) is 7.12. The molecule has 0 aliphatic carbocycles. The number of aromatic nitrogens is 2. The van der Waals surface area contributed by atoms with Crippen LogP contribution in [-0.2, 0) is 17.8 Å². The van der Waals surface area contributed by atoms with Crippen LogP contribution in [0.2, 0.25) is 10.0 Å². The van der Waals surface area contributed by atoms with E-state index < -0.39 is 0 Å². The zero-order valence-electron chi connectivity index (χ0n) is 15.7. The second-order valence-electron chi connectivity index (χ2n) is 6.85. The SMILES string of the molecule is Cc1ccn(CCC(=O)NC[C@H](Cc2ccc(Cl)cc2)c2ccc(Cl)cc2)n1. The number of hydrogen-bond donors (Lipinski definition) is 1. The van der Waals surface area contributed by atoms with Crippen molar-refractivity contribution in [1.29, 1.82) is 0 Å². The summed E-state index contributed by atoms with van der Waals surface area (Å²) in [5.74, 6) is 0.164. The minimum atomic E-state index is 0.0169. The van der Waals surface area contributed by atoms with Gasteiger partial charge in [-0.25, -0.2) is 0 Å². The number of benzene rings is 2. The second kappa shape index (κ2) is 9.76. The molecule has 6 heteroatoms. The van der Waals surface area contributed by atoms with Crippen LogP contribution in [0, 0.1) is 6.92 Å². The summed E-state index contributed by atoms with van der Waals surface area (Å²) in [4.78, 5) is 12.3. The van der Waals surface area contributed by atoms with Gasteiger partial charge in [-0.1, -0.05) is 47.5 Å². The summed E-state index contributed by atoms with van der Waals surface area (Å²) >= 11 is 12.0. The van der Waals surface area contributed by atoms with E-state index in [4.69, 9.17) is 23.2 Å². The molecule has 3 aromatic rings. The monoisotopic (exact) mass is 415 g/mol. The van der Waals surface area contributed by atoms with Crippen molar-refractivity contribution < 1.29 is 4.79 Å². The van der Waals surface area contributed by atoms with Gasteiger partial charge in [-0.2, -0.15) is 5.10 Å². The first kappa shape index (κ1) is 20.4. The maximum Gasteiger partial charge on any atom is 0.221 e. The van der Waals surface area contributed by atoms with Crippen molar-refractivity contribution in [3.05, 3.63) is 87.7 Å². The van der Waals surface area contributed by atoms with Crippen LogP contribution in [0.3, 0.4) is 0 Å². The molecule has 0 saturated carbocycles. The van der Waals surface area contributed by atoms with Gasteiger partial charge in [-0.05, 0) is 54.8 Å². The third kappa shape index (κ3) is 6.11. The minimum absolute atomic E-state index is 0.0169. The Morgan fingerprint density at radius 1 is 1.04 bits per heavy atom. The summed E-state index contributed by atoms with van der Waals surface area (Å²) in [6.45, 7) is 3.06. The van der Waals surface area contributed by atoms with Gasteiger partial charge in [-0.15, -0.1) is 0 Å². The first-order valence-corrected chi connectivity index (χ1v) is 10.0. The van der Waals surface area contributed by atoms with Crippen LogP contribution in [-0.4, -0.2) is 22.2 Å². The van der Waals surface area contributed by atoms with Gasteiger partial charge in [-0.3, -0.25) is 9.48 Å². The Morgan fingerprint density at radius 2 is 1.68 bits per heavy atom. The number of rotatable bonds is 8. The summed E-state index contributed by atoms with van der Waals surface area (Å²) in [5.41, 5.74) is 3.26. The number of halogens is 2. The number of amides is 1. The van der Waals surface area contributed by atoms with E-state index in [-0.39, 0.29) is 11.8 Å². The average Bonchev–Trinajstić information content (AvgIpc) is 3.11. The fourth-order valence-corrected chi connectivity index (χ4v) is 3.33. The molecule has 1 heterocycles. The summed E-state index contributed by atoms with van der Waals surface area (Å²) < 4.78 is 1.79. The highest BCUT2D eigenvalue weighted by atomic mass is 35.5. The molecule has 0 spiro atoms. The Bertz CT molecular complexity index is 904. The zero-order chi connectivity index (χ0) is 19.9. The minimum Gasteiger partial charge on any atom is -0.355 e. The first-order valence-electron chi connectivity index (χ1n) is 9.26. The van der Waals surface area contributed by atoms with E-state index in [1.807, 2.05) is 67.7 Å². The van der Waals surface area contributed by atoms with E-state index in [9.17, 15) is 4.79 Å². The largest absolute Gasteiger partial charge is 0.355 e. The Morgan fingerprint density at radius 3 is 2.29 bits per heavy atom. The highest BCUT2D eigenvalue weighted by Gasteiger charge is 2.14. The lowest BCUT2D eigenvalue weighted by Crippen LogP contribution is -2.30. The van der Waals surface area contributed by atoms with Crippen molar-refractivity contribution in [2.24, 2.45) is 0 Å². The summed E-state index contributed by atoms with van der Waals surface area (Å²) in [6.07, 6.45) is 3.09. The highest BCUT2D eigenvalue weighted by Crippen LogP contribution is 2.23. The molecule has 0 saturated heterocycles. The van der Waals surface area contributed by atoms with Crippen LogP contribution in [0.5, 0.6) is 0 Å². The standard InChI is InChI=1S/C22H23Cl2N3O/c1-16-10-12-27(26-16)13-11-22(28)25-15-19(18-4-8-21(24)9-5-18)14-17-2-6-20(23)7-3-17/h2-10,12,19H,11,13-15H2,1H3,(H,25,28)/t19-/m0/s1. The molecule has 0 aliphatic rings. The van der Waals surface area contributed by atoms with Gasteiger partial charge in [0.25, 0.3) is 0 Å². The maximum atomic E-state index is 12.3. The highest BCUT2D eigenvalue weighted by molar-refractivity contribution is 6.30. The van der Waals surface area contributed by atoms with Crippen molar-refractivity contribution in [2.75, 3.05) is 6.54 Å². The van der Waals surface area contributed by atoms with Gasteiger partial charge in [0.15, 0.2) is 0 Å². The van der Waals surface area contributed by atoms with E-state index in [1.165, 1.54) is 5.56 Å². The van der Waals surface area contributed by atoms with Crippen LogP contribution >= 0.6 is 23.2 Å². The molecule has 0 fully saturated rings. The Labute approximate surface area is 175 Å². The van der Waals surface area contributed by atoms with Crippen LogP contribution in [0.1, 0.15) is 29.2 Å². The molecule has 1 amide bonds. The van der Waals surface area contributed by atoms with Crippen LogP contribution in [0.15, 0.2) is 60.8 Å². The van der Waals surface area contributed by atoms with Crippen molar-refractivity contribution in [3.8, 4) is 0 Å². The third-order valence-electron chi connectivity index (χ3n) is 4.62. The molecule has 1 N–H and O–H groups in total. The first-order chi connectivity index (χ1) is 13.5. The third-order valence-corrected chi connectivity index (χ3v) is 5.13. The molecular formula is C22H23Cl2N3O. The predicted molar refractivity (Wildman–Crippen MR) is 114 cm³/mol. The van der Waals surface area contributed by atoms with Gasteiger partial charge >= 0.3 is 0 Å². The number of carbonyl (C=O) groups excluding carboxylic acids is 1. The van der Waals surface area contributed by atoms with Crippen molar-refractivity contribution >= 4 is 29.1 Å². The zero-order valence-corrected chi connectivity index (χ0v) is 17.2. The summed E-state index contributed by atoms with van der Waals surface area (Å²) in [7, 11) is 0. The number of aryl methyl sites for hydroxylation is 2. The fourth-order valence-electron chi connectivity index (χ4n) is 3.08. The van der Waals surface area contributed by atoms with Gasteiger partial charge in [0.2, 0.25) is 5.91 Å². The second-order valence-corrected chi connectivity index (χ2v) is 7.73. The number of carbonyl (C=O) groups is 1. The van der Waals surface area contributed by atoms with E-state index in [0.717, 1.165) is 17.7 Å². The maximum absolute atomic E-state index is 12.3. The number of nitrogens with one attached hydrogen (secondary N) is 1. The smallest absolute Gasteiger partial charge is 0.221 e. The topological polar surface area (TPSA) is 46.9 Å². The number of hydrogen-bond acceptors (Lipinski definition) is 2. The molecule has 3 rings (SSSR count). The fraction of sp³-hybridized carbons (Fsp3) is 0.273. The normalized spacial score (nSPS) is 12.0. The molecule has 4 nitrogen and oxygen atoms in total. The van der Waals surface area contributed by atoms with E-state index in [1.54, 1.807) is 4.68 Å². The predicted octanol–water partition coefficient (Wildman–Crippen LogP) is 5.03. The van der Waals surface area contributed by atoms with Gasteiger partial charge < -0.3 is 5.32 Å². The quantitative estimate of drug-likeness (QED) is 0.560. The van der Waals surface area contributed by atoms with E-state index in [2.05, 4.69) is 10.4 Å². The molecule has 146 valence electrons. The van der Waals surface area contributed by atoms with Gasteiger partial charge in [0, 0.05) is 41.7 Å². The van der Waals surface area contributed by atoms with Crippen molar-refractivity contribution in [1.82, 2.24) is 15.1 Å². The lowest BCUT2D eigenvalue weighted by atomic mass is 9.92. The molecule has 0 radical (unpaired) electrons. The van der Waals surface area contributed by atoms with Crippen molar-refractivity contribution in [3.63, 3.8) is 0 Å². The summed E-state index contributed by atoms with van der Waals surface area (Å²) in [6, 6.07) is 17.5. The van der Waals surface area contributed by atoms with E-state index >= 15 is 0 Å². The van der Waals surface area contributed by atoms with Crippen LogP contribution in [0.25, 0.3) is 0 Å². The molecular weight excluding hydrogens is 393 g/mol. The van der Waals surface area contributed by atoms with Crippen molar-refractivity contribution in [2.45, 2.75) is 32.2 Å². The molecule has 0 unspecified atom stereocenters. The summed E-state index contributed by atoms with van der Waals surface area (Å²) in [5, 5.41) is 8.79. The van der Waals surface area contributed by atoms with Gasteiger partial charge in [0.1, 0.15) is 0 Å². The average molecular weight is 416 g/mol. The number of nitrogens with zero attached hydrogens (tertiary/aromatic N) is 2. The lowest BCUT2D eigenvalue weighted by molar-refractivity contribution is -0.121. The van der Waals surface area contributed by atoms with Crippen LogP contribution in [0.4, 0.5) is 0 Å². The van der Waals surface area contributed by atoms with E-state index in [0.29, 0.717) is 29.6 Å². The molecule has 2 aromatic carbocycles.